The van der Waals surface area contributed by atoms with E-state index in [0.717, 1.165) is 16.7 Å². The highest BCUT2D eigenvalue weighted by atomic mass is 35.5. The summed E-state index contributed by atoms with van der Waals surface area (Å²) in [7, 11) is 0. The number of nitrogens with zero attached hydrogens (tertiary/aromatic N) is 1. The van der Waals surface area contributed by atoms with Crippen LogP contribution in [0.2, 0.25) is 5.02 Å². The van der Waals surface area contributed by atoms with Gasteiger partial charge in [-0.1, -0.05) is 59.6 Å². The number of aliphatic hydroxyl groups is 1. The van der Waals surface area contributed by atoms with Crippen molar-refractivity contribution in [3.8, 4) is 0 Å². The van der Waals surface area contributed by atoms with Crippen LogP contribution in [0.15, 0.2) is 66.7 Å². The van der Waals surface area contributed by atoms with Gasteiger partial charge in [-0.15, -0.1) is 0 Å². The van der Waals surface area contributed by atoms with E-state index in [9.17, 15) is 14.7 Å². The van der Waals surface area contributed by atoms with Crippen LogP contribution >= 0.6 is 11.6 Å². The summed E-state index contributed by atoms with van der Waals surface area (Å²) in [5.41, 5.74) is 2.42. The SMILES string of the molecule is Cc1ccc(C)c(C(=O)C[C@]2(O)C(=O)N(CCc3ccccc3)c3ccc(Cl)cc32)c1. The first-order valence-corrected chi connectivity index (χ1v) is 10.7. The average molecular weight is 434 g/mol. The van der Waals surface area contributed by atoms with Gasteiger partial charge in [0, 0.05) is 22.7 Å². The Morgan fingerprint density at radius 3 is 2.52 bits per heavy atom. The molecule has 3 aromatic carbocycles. The highest BCUT2D eigenvalue weighted by molar-refractivity contribution is 6.31. The standard InChI is InChI=1S/C26H24ClNO3/c1-17-8-9-18(2)21(14-17)24(29)16-26(31)22-15-20(27)10-11-23(22)28(25(26)30)13-12-19-6-4-3-5-7-19/h3-11,14-15,31H,12-13,16H2,1-2H3/t26-/m1/s1. The first-order valence-electron chi connectivity index (χ1n) is 10.3. The molecule has 1 aliphatic heterocycles. The molecule has 0 spiro atoms. The van der Waals surface area contributed by atoms with Gasteiger partial charge < -0.3 is 10.0 Å². The van der Waals surface area contributed by atoms with Crippen LogP contribution < -0.4 is 4.90 Å². The monoisotopic (exact) mass is 433 g/mol. The number of rotatable bonds is 6. The van der Waals surface area contributed by atoms with E-state index in [1.54, 1.807) is 29.2 Å². The number of carbonyl (C=O) groups is 2. The molecule has 1 amide bonds. The third kappa shape index (κ3) is 4.01. The van der Waals surface area contributed by atoms with Gasteiger partial charge >= 0.3 is 0 Å². The van der Waals surface area contributed by atoms with Gasteiger partial charge in [-0.2, -0.15) is 0 Å². The van der Waals surface area contributed by atoms with Gasteiger partial charge in [0.05, 0.1) is 12.1 Å². The predicted octanol–water partition coefficient (Wildman–Crippen LogP) is 5.01. The molecule has 0 aromatic heterocycles. The lowest BCUT2D eigenvalue weighted by Gasteiger charge is -2.23. The Bertz CT molecular complexity index is 1160. The minimum absolute atomic E-state index is 0.270. The van der Waals surface area contributed by atoms with Crippen molar-refractivity contribution < 1.29 is 14.7 Å². The van der Waals surface area contributed by atoms with E-state index in [-0.39, 0.29) is 12.2 Å². The van der Waals surface area contributed by atoms with E-state index in [1.165, 1.54) is 0 Å². The summed E-state index contributed by atoms with van der Waals surface area (Å²) in [5.74, 6) is -0.757. The number of anilines is 1. The molecule has 0 bridgehead atoms. The van der Waals surface area contributed by atoms with Crippen molar-refractivity contribution in [1.29, 1.82) is 0 Å². The first kappa shape index (κ1) is 21.3. The summed E-state index contributed by atoms with van der Waals surface area (Å²) in [6.07, 6.45) is 0.307. The Morgan fingerprint density at radius 1 is 1.03 bits per heavy atom. The third-order valence-corrected chi connectivity index (χ3v) is 6.11. The summed E-state index contributed by atoms with van der Waals surface area (Å²) >= 11 is 6.19. The van der Waals surface area contributed by atoms with E-state index in [1.807, 2.05) is 56.3 Å². The zero-order valence-electron chi connectivity index (χ0n) is 17.6. The number of ketones is 1. The molecule has 4 rings (SSSR count). The minimum Gasteiger partial charge on any atom is -0.375 e. The van der Waals surface area contributed by atoms with Crippen molar-refractivity contribution in [1.82, 2.24) is 0 Å². The van der Waals surface area contributed by atoms with Gasteiger partial charge in [0.25, 0.3) is 5.91 Å². The zero-order valence-corrected chi connectivity index (χ0v) is 18.3. The number of halogens is 1. The van der Waals surface area contributed by atoms with Crippen molar-refractivity contribution >= 4 is 29.0 Å². The molecule has 0 saturated heterocycles. The highest BCUT2D eigenvalue weighted by Crippen LogP contribution is 2.44. The van der Waals surface area contributed by atoms with Crippen LogP contribution in [0.1, 0.15) is 39.0 Å². The number of amides is 1. The van der Waals surface area contributed by atoms with Crippen LogP contribution in [-0.2, 0) is 16.8 Å². The molecule has 1 heterocycles. The molecule has 1 atom stereocenters. The molecule has 0 unspecified atom stereocenters. The molecule has 0 radical (unpaired) electrons. The fraction of sp³-hybridized carbons (Fsp3) is 0.231. The van der Waals surface area contributed by atoms with E-state index >= 15 is 0 Å². The molecule has 3 aromatic rings. The van der Waals surface area contributed by atoms with Gasteiger partial charge in [0.15, 0.2) is 11.4 Å². The van der Waals surface area contributed by atoms with Crippen molar-refractivity contribution in [2.45, 2.75) is 32.3 Å². The number of benzene rings is 3. The third-order valence-electron chi connectivity index (χ3n) is 5.87. The Balaban J connectivity index is 1.67. The Labute approximate surface area is 187 Å². The topological polar surface area (TPSA) is 57.6 Å². The molecule has 158 valence electrons. The van der Waals surface area contributed by atoms with Crippen LogP contribution in [0.25, 0.3) is 0 Å². The molecule has 5 heteroatoms. The zero-order chi connectivity index (χ0) is 22.2. The van der Waals surface area contributed by atoms with Gasteiger partial charge in [0.2, 0.25) is 0 Å². The van der Waals surface area contributed by atoms with Crippen LogP contribution in [0.5, 0.6) is 0 Å². The molecular weight excluding hydrogens is 410 g/mol. The molecular formula is C26H24ClNO3. The lowest BCUT2D eigenvalue weighted by atomic mass is 9.87. The Morgan fingerprint density at radius 2 is 1.77 bits per heavy atom. The predicted molar refractivity (Wildman–Crippen MR) is 123 cm³/mol. The van der Waals surface area contributed by atoms with Crippen LogP contribution in [0, 0.1) is 13.8 Å². The van der Waals surface area contributed by atoms with Crippen molar-refractivity contribution in [3.63, 3.8) is 0 Å². The van der Waals surface area contributed by atoms with Gasteiger partial charge in [-0.3, -0.25) is 9.59 Å². The molecule has 1 N–H and O–H groups in total. The second-order valence-electron chi connectivity index (χ2n) is 8.13. The average Bonchev–Trinajstić information content (AvgIpc) is 2.95. The molecule has 31 heavy (non-hydrogen) atoms. The van der Waals surface area contributed by atoms with E-state index in [2.05, 4.69) is 0 Å². The van der Waals surface area contributed by atoms with Crippen molar-refractivity contribution in [3.05, 3.63) is 99.6 Å². The number of carbonyl (C=O) groups excluding carboxylic acids is 2. The van der Waals surface area contributed by atoms with Crippen molar-refractivity contribution in [2.24, 2.45) is 0 Å². The van der Waals surface area contributed by atoms with Crippen molar-refractivity contribution in [2.75, 3.05) is 11.4 Å². The Kier molecular flexibility index (Phi) is 5.69. The molecule has 4 nitrogen and oxygen atoms in total. The number of hydrogen-bond acceptors (Lipinski definition) is 3. The van der Waals surface area contributed by atoms with Gasteiger partial charge in [-0.05, 0) is 55.7 Å². The number of aryl methyl sites for hydroxylation is 2. The minimum atomic E-state index is -1.94. The van der Waals surface area contributed by atoms with E-state index < -0.39 is 11.5 Å². The van der Waals surface area contributed by atoms with Gasteiger partial charge in [-0.25, -0.2) is 0 Å². The Hall–Kier alpha value is -2.95. The largest absolute Gasteiger partial charge is 0.375 e. The molecule has 0 fully saturated rings. The number of hydrogen-bond donors (Lipinski definition) is 1. The number of fused-ring (bicyclic) bond motifs is 1. The van der Waals surface area contributed by atoms with Crippen LogP contribution in [0.4, 0.5) is 5.69 Å². The van der Waals surface area contributed by atoms with E-state index in [0.29, 0.717) is 34.8 Å². The maximum absolute atomic E-state index is 13.4. The smallest absolute Gasteiger partial charge is 0.264 e. The summed E-state index contributed by atoms with van der Waals surface area (Å²) in [4.78, 5) is 28.1. The molecule has 0 saturated carbocycles. The summed E-state index contributed by atoms with van der Waals surface area (Å²) < 4.78 is 0. The maximum Gasteiger partial charge on any atom is 0.264 e. The quantitative estimate of drug-likeness (QED) is 0.556. The lowest BCUT2D eigenvalue weighted by molar-refractivity contribution is -0.135. The van der Waals surface area contributed by atoms with E-state index in [4.69, 9.17) is 11.6 Å². The van der Waals surface area contributed by atoms with Crippen LogP contribution in [0.3, 0.4) is 0 Å². The first-order chi connectivity index (χ1) is 14.8. The second kappa shape index (κ2) is 8.29. The lowest BCUT2D eigenvalue weighted by Crippen LogP contribution is -2.42. The van der Waals surface area contributed by atoms with Crippen LogP contribution in [-0.4, -0.2) is 23.3 Å². The molecule has 1 aliphatic rings. The maximum atomic E-state index is 13.4. The summed E-state index contributed by atoms with van der Waals surface area (Å²) in [6.45, 7) is 4.16. The summed E-state index contributed by atoms with van der Waals surface area (Å²) in [5, 5.41) is 11.9. The highest BCUT2D eigenvalue weighted by Gasteiger charge is 2.51. The summed E-state index contributed by atoms with van der Waals surface area (Å²) in [6, 6.07) is 20.5. The van der Waals surface area contributed by atoms with Gasteiger partial charge in [0.1, 0.15) is 0 Å². The normalized spacial score (nSPS) is 17.7. The fourth-order valence-electron chi connectivity index (χ4n) is 4.17. The number of Topliss-reactive ketones (excluding diaryl/α,β-unsaturated/α-hetero) is 1. The molecule has 0 aliphatic carbocycles. The fourth-order valence-corrected chi connectivity index (χ4v) is 4.34. The second-order valence-corrected chi connectivity index (χ2v) is 8.57.